The molecule has 3 heterocycles. The second kappa shape index (κ2) is 9.51. The number of benzene rings is 2. The molecule has 12 heteroatoms. The second-order valence-electron chi connectivity index (χ2n) is 8.86. The van der Waals surface area contributed by atoms with E-state index in [0.717, 1.165) is 22.8 Å². The molecule has 0 aliphatic carbocycles. The van der Waals surface area contributed by atoms with Gasteiger partial charge in [-0.05, 0) is 61.4 Å². The molecule has 194 valence electrons. The Bertz CT molecular complexity index is 1830. The number of carbonyl (C=O) groups excluding carboxylic acids is 1. The van der Waals surface area contributed by atoms with Crippen molar-refractivity contribution in [2.45, 2.75) is 13.8 Å². The molecule has 0 aliphatic heterocycles. The van der Waals surface area contributed by atoms with Gasteiger partial charge in [-0.2, -0.15) is 5.10 Å². The Morgan fingerprint density at radius 1 is 1.11 bits per heavy atom. The van der Waals surface area contributed by atoms with Gasteiger partial charge in [-0.25, -0.2) is 18.1 Å². The van der Waals surface area contributed by atoms with Crippen LogP contribution in [-0.4, -0.2) is 40.2 Å². The number of nitrogen functional groups attached to an aromatic ring is 1. The standard InChI is InChI=1S/C26H23ClN6O4S/c1-14-7-16-9-22(31-21(16)11-20(14)32-38(3,35)36)25(34)19-12-30-33(26(19)28)23-13-29-24(8-15(23)2)37-18-6-4-5-17(27)10-18/h4-13,31-32H,28H2,1-3H3. The van der Waals surface area contributed by atoms with Crippen molar-refractivity contribution in [1.82, 2.24) is 19.7 Å². The van der Waals surface area contributed by atoms with Crippen molar-refractivity contribution in [3.8, 4) is 17.3 Å². The number of pyridine rings is 1. The first-order valence-electron chi connectivity index (χ1n) is 11.4. The molecular weight excluding hydrogens is 528 g/mol. The molecule has 0 bridgehead atoms. The summed E-state index contributed by atoms with van der Waals surface area (Å²) in [5.74, 6) is 0.717. The van der Waals surface area contributed by atoms with E-state index in [2.05, 4.69) is 19.8 Å². The highest BCUT2D eigenvalue weighted by Gasteiger charge is 2.21. The van der Waals surface area contributed by atoms with E-state index in [4.69, 9.17) is 22.1 Å². The lowest BCUT2D eigenvalue weighted by Crippen LogP contribution is -2.10. The number of sulfonamides is 1. The highest BCUT2D eigenvalue weighted by Crippen LogP contribution is 2.29. The fraction of sp³-hybridized carbons (Fsp3) is 0.115. The monoisotopic (exact) mass is 550 g/mol. The van der Waals surface area contributed by atoms with E-state index in [1.54, 1.807) is 61.7 Å². The number of nitrogens with one attached hydrogen (secondary N) is 2. The van der Waals surface area contributed by atoms with Crippen LogP contribution in [0.1, 0.15) is 27.2 Å². The van der Waals surface area contributed by atoms with E-state index < -0.39 is 10.0 Å². The van der Waals surface area contributed by atoms with Crippen LogP contribution in [0.2, 0.25) is 5.02 Å². The molecule has 3 aromatic heterocycles. The topological polar surface area (TPSA) is 145 Å². The van der Waals surface area contributed by atoms with Crippen molar-refractivity contribution in [2.24, 2.45) is 0 Å². The quantitative estimate of drug-likeness (QED) is 0.242. The minimum absolute atomic E-state index is 0.151. The Hall–Kier alpha value is -4.35. The van der Waals surface area contributed by atoms with Gasteiger partial charge >= 0.3 is 0 Å². The third-order valence-corrected chi connectivity index (χ3v) is 6.69. The highest BCUT2D eigenvalue weighted by atomic mass is 35.5. The van der Waals surface area contributed by atoms with E-state index in [9.17, 15) is 13.2 Å². The molecule has 0 spiro atoms. The zero-order chi connectivity index (χ0) is 27.2. The van der Waals surface area contributed by atoms with Crippen molar-refractivity contribution in [3.05, 3.63) is 88.3 Å². The fourth-order valence-corrected chi connectivity index (χ4v) is 4.85. The molecule has 5 aromatic rings. The van der Waals surface area contributed by atoms with Gasteiger partial charge in [0.1, 0.15) is 11.6 Å². The number of fused-ring (bicyclic) bond motifs is 1. The average Bonchev–Trinajstić information content (AvgIpc) is 3.41. The summed E-state index contributed by atoms with van der Waals surface area (Å²) in [4.78, 5) is 20.7. The highest BCUT2D eigenvalue weighted by molar-refractivity contribution is 7.92. The Morgan fingerprint density at radius 3 is 2.61 bits per heavy atom. The molecule has 0 unspecified atom stereocenters. The number of halogens is 1. The number of H-pyrrole nitrogens is 1. The molecule has 0 saturated carbocycles. The largest absolute Gasteiger partial charge is 0.439 e. The number of rotatable bonds is 7. The summed E-state index contributed by atoms with van der Waals surface area (Å²) in [6.45, 7) is 3.64. The maximum Gasteiger partial charge on any atom is 0.229 e. The maximum absolute atomic E-state index is 13.3. The lowest BCUT2D eigenvalue weighted by Gasteiger charge is -2.10. The normalized spacial score (nSPS) is 11.6. The number of aromatic amines is 1. The summed E-state index contributed by atoms with van der Waals surface area (Å²) in [7, 11) is -3.45. The number of ether oxygens (including phenoxy) is 1. The Kier molecular flexibility index (Phi) is 6.33. The van der Waals surface area contributed by atoms with Gasteiger partial charge in [-0.1, -0.05) is 17.7 Å². The average molecular weight is 551 g/mol. The molecule has 0 fully saturated rings. The van der Waals surface area contributed by atoms with Gasteiger partial charge < -0.3 is 15.5 Å². The molecule has 0 saturated heterocycles. The van der Waals surface area contributed by atoms with Crippen LogP contribution in [0.5, 0.6) is 11.6 Å². The zero-order valence-electron chi connectivity index (χ0n) is 20.6. The number of anilines is 2. The second-order valence-corrected chi connectivity index (χ2v) is 11.0. The van der Waals surface area contributed by atoms with Crippen molar-refractivity contribution < 1.29 is 17.9 Å². The van der Waals surface area contributed by atoms with Crippen molar-refractivity contribution >= 4 is 49.8 Å². The van der Waals surface area contributed by atoms with E-state index in [-0.39, 0.29) is 17.2 Å². The summed E-state index contributed by atoms with van der Waals surface area (Å²) in [5.41, 5.74) is 9.97. The van der Waals surface area contributed by atoms with E-state index in [1.807, 2.05) is 6.92 Å². The Labute approximate surface area is 223 Å². The summed E-state index contributed by atoms with van der Waals surface area (Å²) in [5, 5.41) is 5.63. The lowest BCUT2D eigenvalue weighted by atomic mass is 10.1. The first-order chi connectivity index (χ1) is 18.0. The van der Waals surface area contributed by atoms with Gasteiger partial charge in [0.05, 0.1) is 41.3 Å². The van der Waals surface area contributed by atoms with E-state index in [0.29, 0.717) is 39.2 Å². The van der Waals surface area contributed by atoms with Crippen LogP contribution in [0.4, 0.5) is 11.5 Å². The first kappa shape index (κ1) is 25.3. The van der Waals surface area contributed by atoms with E-state index >= 15 is 0 Å². The van der Waals surface area contributed by atoms with Crippen molar-refractivity contribution in [3.63, 3.8) is 0 Å². The van der Waals surface area contributed by atoms with Crippen LogP contribution < -0.4 is 15.2 Å². The predicted molar refractivity (Wildman–Crippen MR) is 147 cm³/mol. The van der Waals surface area contributed by atoms with Gasteiger partial charge in [-0.15, -0.1) is 0 Å². The number of hydrogen-bond donors (Lipinski definition) is 3. The maximum atomic E-state index is 13.3. The van der Waals surface area contributed by atoms with Crippen molar-refractivity contribution in [2.75, 3.05) is 16.7 Å². The predicted octanol–water partition coefficient (Wildman–Crippen LogP) is 5.00. The van der Waals surface area contributed by atoms with Gasteiger partial charge in [-0.3, -0.25) is 9.52 Å². The molecule has 4 N–H and O–H groups in total. The minimum atomic E-state index is -3.45. The minimum Gasteiger partial charge on any atom is -0.439 e. The number of hydrogen-bond acceptors (Lipinski definition) is 7. The first-order valence-corrected chi connectivity index (χ1v) is 13.7. The molecule has 2 aromatic carbocycles. The molecule has 0 radical (unpaired) electrons. The molecule has 38 heavy (non-hydrogen) atoms. The van der Waals surface area contributed by atoms with Gasteiger partial charge in [0, 0.05) is 22.0 Å². The third-order valence-electron chi connectivity index (χ3n) is 5.86. The van der Waals surface area contributed by atoms with Crippen LogP contribution in [0, 0.1) is 13.8 Å². The summed E-state index contributed by atoms with van der Waals surface area (Å²) in [6, 6.07) is 13.9. The van der Waals surface area contributed by atoms with Crippen molar-refractivity contribution in [1.29, 1.82) is 0 Å². The number of aryl methyl sites for hydroxylation is 2. The number of nitrogens with zero attached hydrogens (tertiary/aromatic N) is 3. The van der Waals surface area contributed by atoms with Crippen LogP contribution in [0.15, 0.2) is 60.9 Å². The molecule has 5 rings (SSSR count). The number of ketones is 1. The van der Waals surface area contributed by atoms with Gasteiger partial charge in [0.25, 0.3) is 0 Å². The van der Waals surface area contributed by atoms with Gasteiger partial charge in [0.2, 0.25) is 21.7 Å². The SMILES string of the molecule is Cc1cc2cc(C(=O)c3cnn(-c4cnc(Oc5cccc(Cl)c5)cc4C)c3N)[nH]c2cc1NS(C)(=O)=O. The zero-order valence-corrected chi connectivity index (χ0v) is 22.2. The molecular formula is C26H23ClN6O4S. The molecule has 0 aliphatic rings. The van der Waals surface area contributed by atoms with Crippen LogP contribution >= 0.6 is 11.6 Å². The Balaban J connectivity index is 1.42. The number of nitrogens with two attached hydrogens (primary N) is 1. The van der Waals surface area contributed by atoms with Gasteiger partial charge in [0.15, 0.2) is 0 Å². The molecule has 0 amide bonds. The molecule has 0 atom stereocenters. The third kappa shape index (κ3) is 5.06. The summed E-state index contributed by atoms with van der Waals surface area (Å²) >= 11 is 6.02. The van der Waals surface area contributed by atoms with Crippen LogP contribution in [0.3, 0.4) is 0 Å². The van der Waals surface area contributed by atoms with E-state index in [1.165, 1.54) is 10.9 Å². The smallest absolute Gasteiger partial charge is 0.229 e. The van der Waals surface area contributed by atoms with Crippen LogP contribution in [0.25, 0.3) is 16.6 Å². The lowest BCUT2D eigenvalue weighted by molar-refractivity contribution is 0.103. The number of carbonyl (C=O) groups is 1. The Morgan fingerprint density at radius 2 is 1.89 bits per heavy atom. The number of aromatic nitrogens is 4. The van der Waals surface area contributed by atoms with Crippen LogP contribution in [-0.2, 0) is 10.0 Å². The summed E-state index contributed by atoms with van der Waals surface area (Å²) in [6.07, 6.45) is 4.05. The molecule has 10 nitrogen and oxygen atoms in total. The summed E-state index contributed by atoms with van der Waals surface area (Å²) < 4.78 is 33.0. The fourth-order valence-electron chi connectivity index (χ4n) is 4.05.